The summed E-state index contributed by atoms with van der Waals surface area (Å²) in [5.74, 6) is 0.0522. The van der Waals surface area contributed by atoms with E-state index in [0.29, 0.717) is 22.8 Å². The van der Waals surface area contributed by atoms with Crippen molar-refractivity contribution >= 4 is 16.9 Å². The summed E-state index contributed by atoms with van der Waals surface area (Å²) in [7, 11) is 1.57. The van der Waals surface area contributed by atoms with Crippen LogP contribution in [0, 0.1) is 0 Å². The molecule has 6 nitrogen and oxygen atoms in total. The average molecular weight is 258 g/mol. The van der Waals surface area contributed by atoms with Gasteiger partial charge < -0.3 is 14.3 Å². The Morgan fingerprint density at radius 2 is 2.26 bits per heavy atom. The Labute approximate surface area is 107 Å². The lowest BCUT2D eigenvalue weighted by atomic mass is 10.2. The van der Waals surface area contributed by atoms with Gasteiger partial charge in [0.25, 0.3) is 0 Å². The number of carboxylic acids is 1. The number of fused-ring (bicyclic) bond motifs is 1. The number of hydrogen-bond acceptors (Lipinski definition) is 4. The van der Waals surface area contributed by atoms with Crippen LogP contribution < -0.4 is 4.74 Å². The summed E-state index contributed by atoms with van der Waals surface area (Å²) in [5, 5.41) is 16.3. The summed E-state index contributed by atoms with van der Waals surface area (Å²) < 4.78 is 10.7. The number of aromatic amines is 1. The van der Waals surface area contributed by atoms with Crippen LogP contribution in [0.5, 0.6) is 5.75 Å². The van der Waals surface area contributed by atoms with Crippen LogP contribution >= 0.6 is 0 Å². The van der Waals surface area contributed by atoms with Gasteiger partial charge in [-0.3, -0.25) is 5.10 Å². The molecule has 0 fully saturated rings. The Bertz CT molecular complexity index is 757. The van der Waals surface area contributed by atoms with Crippen molar-refractivity contribution in [2.45, 2.75) is 0 Å². The van der Waals surface area contributed by atoms with Crippen LogP contribution in [0.15, 0.2) is 34.9 Å². The second-order valence-electron chi connectivity index (χ2n) is 3.98. The van der Waals surface area contributed by atoms with E-state index in [1.807, 2.05) is 12.1 Å². The Morgan fingerprint density at radius 3 is 3.00 bits per heavy atom. The van der Waals surface area contributed by atoms with Gasteiger partial charge in [0.05, 0.1) is 13.3 Å². The number of carbonyl (C=O) groups is 1. The molecule has 0 amide bonds. The van der Waals surface area contributed by atoms with Gasteiger partial charge in [0, 0.05) is 11.5 Å². The number of nitrogens with zero attached hydrogens (tertiary/aromatic N) is 1. The van der Waals surface area contributed by atoms with Gasteiger partial charge >= 0.3 is 5.97 Å². The third-order valence-electron chi connectivity index (χ3n) is 2.84. The molecular formula is C13H10N2O4. The van der Waals surface area contributed by atoms with Gasteiger partial charge in [0.1, 0.15) is 22.6 Å². The standard InChI is InChI=1S/C13H10N2O4/c1-18-8-3-2-7-4-11(19-10(7)5-8)12-9(13(16)17)6-14-15-12/h2-6H,1H3,(H,14,15)(H,16,17). The number of methoxy groups -OCH3 is 1. The highest BCUT2D eigenvalue weighted by molar-refractivity contribution is 5.95. The number of rotatable bonds is 3. The monoisotopic (exact) mass is 258 g/mol. The fourth-order valence-corrected chi connectivity index (χ4v) is 1.90. The van der Waals surface area contributed by atoms with Crippen LogP contribution in [0.2, 0.25) is 0 Å². The molecule has 19 heavy (non-hydrogen) atoms. The van der Waals surface area contributed by atoms with E-state index < -0.39 is 5.97 Å². The third-order valence-corrected chi connectivity index (χ3v) is 2.84. The highest BCUT2D eigenvalue weighted by Crippen LogP contribution is 2.30. The summed E-state index contributed by atoms with van der Waals surface area (Å²) in [6, 6.07) is 7.16. The molecule has 0 aliphatic heterocycles. The number of benzene rings is 1. The molecule has 0 spiro atoms. The fourth-order valence-electron chi connectivity index (χ4n) is 1.90. The molecule has 0 atom stereocenters. The van der Waals surface area contributed by atoms with Crippen molar-refractivity contribution < 1.29 is 19.1 Å². The topological polar surface area (TPSA) is 88.3 Å². The van der Waals surface area contributed by atoms with Crippen LogP contribution in [-0.2, 0) is 0 Å². The lowest BCUT2D eigenvalue weighted by Crippen LogP contribution is -1.95. The summed E-state index contributed by atoms with van der Waals surface area (Å²) in [5.41, 5.74) is 1.05. The molecule has 0 saturated heterocycles. The highest BCUT2D eigenvalue weighted by atomic mass is 16.5. The number of ether oxygens (including phenoxy) is 1. The van der Waals surface area contributed by atoms with Crippen LogP contribution in [0.4, 0.5) is 0 Å². The molecule has 96 valence electrons. The molecule has 6 heteroatoms. The number of aromatic nitrogens is 2. The predicted molar refractivity (Wildman–Crippen MR) is 67.3 cm³/mol. The normalized spacial score (nSPS) is 10.8. The van der Waals surface area contributed by atoms with E-state index in [1.54, 1.807) is 19.2 Å². The zero-order chi connectivity index (χ0) is 13.4. The summed E-state index contributed by atoms with van der Waals surface area (Å²) in [6.07, 6.45) is 1.26. The van der Waals surface area contributed by atoms with E-state index >= 15 is 0 Å². The molecule has 0 unspecified atom stereocenters. The van der Waals surface area contributed by atoms with Gasteiger partial charge in [-0.15, -0.1) is 0 Å². The first kappa shape index (κ1) is 11.3. The molecule has 2 aromatic heterocycles. The maximum Gasteiger partial charge on any atom is 0.339 e. The number of furan rings is 1. The van der Waals surface area contributed by atoms with Crippen molar-refractivity contribution in [3.8, 4) is 17.2 Å². The Morgan fingerprint density at radius 1 is 1.42 bits per heavy atom. The third kappa shape index (κ3) is 1.83. The van der Waals surface area contributed by atoms with Crippen molar-refractivity contribution in [1.29, 1.82) is 0 Å². The first-order valence-electron chi connectivity index (χ1n) is 5.53. The van der Waals surface area contributed by atoms with Gasteiger partial charge in [0.15, 0.2) is 5.76 Å². The quantitative estimate of drug-likeness (QED) is 0.753. The zero-order valence-electron chi connectivity index (χ0n) is 10.0. The minimum absolute atomic E-state index is 0.0750. The minimum atomic E-state index is -1.05. The van der Waals surface area contributed by atoms with Crippen molar-refractivity contribution in [2.24, 2.45) is 0 Å². The maximum atomic E-state index is 11.1. The van der Waals surface area contributed by atoms with Crippen LogP contribution in [0.25, 0.3) is 22.4 Å². The maximum absolute atomic E-state index is 11.1. The number of hydrogen-bond donors (Lipinski definition) is 2. The second-order valence-corrected chi connectivity index (χ2v) is 3.98. The molecule has 0 aliphatic carbocycles. The predicted octanol–water partition coefficient (Wildman–Crippen LogP) is 2.53. The summed E-state index contributed by atoms with van der Waals surface area (Å²) in [4.78, 5) is 11.1. The molecular weight excluding hydrogens is 248 g/mol. The zero-order valence-corrected chi connectivity index (χ0v) is 10.0. The molecule has 2 heterocycles. The molecule has 2 N–H and O–H groups in total. The molecule has 0 aliphatic rings. The Hall–Kier alpha value is -2.76. The average Bonchev–Trinajstić information content (AvgIpc) is 3.03. The van der Waals surface area contributed by atoms with Gasteiger partial charge in [0.2, 0.25) is 0 Å². The molecule has 0 saturated carbocycles. The summed E-state index contributed by atoms with van der Waals surface area (Å²) >= 11 is 0. The minimum Gasteiger partial charge on any atom is -0.497 e. The molecule has 0 radical (unpaired) electrons. The highest BCUT2D eigenvalue weighted by Gasteiger charge is 2.17. The van der Waals surface area contributed by atoms with Crippen LogP contribution in [0.1, 0.15) is 10.4 Å². The van der Waals surface area contributed by atoms with Crippen molar-refractivity contribution in [1.82, 2.24) is 10.2 Å². The van der Waals surface area contributed by atoms with Crippen LogP contribution in [0.3, 0.4) is 0 Å². The number of aromatic carboxylic acids is 1. The van der Waals surface area contributed by atoms with E-state index in [-0.39, 0.29) is 5.56 Å². The van der Waals surface area contributed by atoms with Crippen molar-refractivity contribution in [2.75, 3.05) is 7.11 Å². The fraction of sp³-hybridized carbons (Fsp3) is 0.0769. The smallest absolute Gasteiger partial charge is 0.339 e. The molecule has 1 aromatic carbocycles. The number of nitrogens with one attached hydrogen (secondary N) is 1. The Kier molecular flexibility index (Phi) is 2.49. The SMILES string of the molecule is COc1ccc2cc(-c3[nH]ncc3C(=O)O)oc2c1. The number of H-pyrrole nitrogens is 1. The first-order valence-corrected chi connectivity index (χ1v) is 5.53. The van der Waals surface area contributed by atoms with Gasteiger partial charge in [-0.2, -0.15) is 5.10 Å². The van der Waals surface area contributed by atoms with Crippen molar-refractivity contribution in [3.05, 3.63) is 36.0 Å². The first-order chi connectivity index (χ1) is 9.19. The lowest BCUT2D eigenvalue weighted by Gasteiger charge is -1.97. The van der Waals surface area contributed by atoms with Gasteiger partial charge in [-0.05, 0) is 18.2 Å². The van der Waals surface area contributed by atoms with Gasteiger partial charge in [-0.25, -0.2) is 4.79 Å². The van der Waals surface area contributed by atoms with E-state index in [9.17, 15) is 4.79 Å². The molecule has 3 aromatic rings. The van der Waals surface area contributed by atoms with E-state index in [1.165, 1.54) is 6.20 Å². The molecule has 3 rings (SSSR count). The van der Waals surface area contributed by atoms with E-state index in [4.69, 9.17) is 14.3 Å². The van der Waals surface area contributed by atoms with Crippen molar-refractivity contribution in [3.63, 3.8) is 0 Å². The molecule has 0 bridgehead atoms. The largest absolute Gasteiger partial charge is 0.497 e. The second kappa shape index (κ2) is 4.16. The lowest BCUT2D eigenvalue weighted by molar-refractivity contribution is 0.0697. The van der Waals surface area contributed by atoms with E-state index in [0.717, 1.165) is 5.39 Å². The Balaban J connectivity index is 2.15. The summed E-state index contributed by atoms with van der Waals surface area (Å²) in [6.45, 7) is 0. The van der Waals surface area contributed by atoms with E-state index in [2.05, 4.69) is 10.2 Å². The van der Waals surface area contributed by atoms with Crippen LogP contribution in [-0.4, -0.2) is 28.4 Å². The number of carboxylic acid groups (broad SMARTS) is 1. The van der Waals surface area contributed by atoms with Gasteiger partial charge in [-0.1, -0.05) is 0 Å².